The van der Waals surface area contributed by atoms with E-state index in [1.165, 1.54) is 22.5 Å². The maximum atomic E-state index is 5.47. The molecule has 0 aliphatic carbocycles. The van der Waals surface area contributed by atoms with Crippen molar-refractivity contribution in [2.75, 3.05) is 27.3 Å². The number of aromatic nitrogens is 1. The van der Waals surface area contributed by atoms with Crippen LogP contribution in [0.2, 0.25) is 0 Å². The Morgan fingerprint density at radius 3 is 3.10 bits per heavy atom. The van der Waals surface area contributed by atoms with E-state index >= 15 is 0 Å². The predicted molar refractivity (Wildman–Crippen MR) is 81.5 cm³/mol. The van der Waals surface area contributed by atoms with Gasteiger partial charge in [0.25, 0.3) is 0 Å². The Balaban J connectivity index is 1.74. The summed E-state index contributed by atoms with van der Waals surface area (Å²) in [5.41, 5.74) is 1.06. The first-order valence-electron chi connectivity index (χ1n) is 6.97. The van der Waals surface area contributed by atoms with Gasteiger partial charge in [-0.3, -0.25) is 4.90 Å². The van der Waals surface area contributed by atoms with Gasteiger partial charge in [-0.15, -0.1) is 11.3 Å². The zero-order chi connectivity index (χ0) is 13.9. The average Bonchev–Trinajstić information content (AvgIpc) is 2.88. The summed E-state index contributed by atoms with van der Waals surface area (Å²) in [5.74, 6) is 0.894. The Morgan fingerprint density at radius 1 is 1.40 bits per heavy atom. The van der Waals surface area contributed by atoms with Crippen molar-refractivity contribution in [3.63, 3.8) is 0 Å². The number of likely N-dealkylation sites (tertiary alicyclic amines) is 1. The van der Waals surface area contributed by atoms with Crippen molar-refractivity contribution < 1.29 is 9.47 Å². The van der Waals surface area contributed by atoms with Crippen molar-refractivity contribution in [3.8, 4) is 5.75 Å². The monoisotopic (exact) mass is 292 g/mol. The van der Waals surface area contributed by atoms with E-state index in [1.54, 1.807) is 25.6 Å². The van der Waals surface area contributed by atoms with Crippen LogP contribution in [0.1, 0.15) is 17.8 Å². The summed E-state index contributed by atoms with van der Waals surface area (Å²) in [5, 5.41) is 1.17. The van der Waals surface area contributed by atoms with Crippen LogP contribution in [0.15, 0.2) is 18.2 Å². The van der Waals surface area contributed by atoms with Crippen molar-refractivity contribution >= 4 is 21.6 Å². The lowest BCUT2D eigenvalue weighted by Crippen LogP contribution is -2.38. The second-order valence-corrected chi connectivity index (χ2v) is 6.29. The number of methoxy groups -OCH3 is 2. The molecular weight excluding hydrogens is 272 g/mol. The fourth-order valence-corrected chi connectivity index (χ4v) is 3.73. The van der Waals surface area contributed by atoms with E-state index in [4.69, 9.17) is 14.5 Å². The van der Waals surface area contributed by atoms with E-state index < -0.39 is 0 Å². The van der Waals surface area contributed by atoms with Gasteiger partial charge in [0, 0.05) is 13.7 Å². The molecule has 1 aromatic carbocycles. The van der Waals surface area contributed by atoms with Gasteiger partial charge < -0.3 is 9.47 Å². The largest absolute Gasteiger partial charge is 0.497 e. The number of piperidine rings is 1. The molecule has 0 bridgehead atoms. The molecule has 1 aliphatic heterocycles. The molecule has 0 amide bonds. The number of thiazole rings is 1. The minimum Gasteiger partial charge on any atom is -0.497 e. The zero-order valence-corrected chi connectivity index (χ0v) is 12.8. The third-order valence-electron chi connectivity index (χ3n) is 3.79. The van der Waals surface area contributed by atoms with Crippen molar-refractivity contribution in [2.24, 2.45) is 0 Å². The standard InChI is InChI=1S/C15H20N2O2S/c1-18-11-5-6-13-14(8-11)20-15(16-13)10-17-7-3-4-12(9-17)19-2/h5-6,8,12H,3-4,7,9-10H2,1-2H3/t12-/m0/s1. The molecule has 0 N–H and O–H groups in total. The van der Waals surface area contributed by atoms with Gasteiger partial charge in [0.05, 0.1) is 30.0 Å². The molecule has 1 atom stereocenters. The highest BCUT2D eigenvalue weighted by Gasteiger charge is 2.20. The Hall–Kier alpha value is -1.17. The van der Waals surface area contributed by atoms with E-state index in [1.807, 2.05) is 12.1 Å². The second kappa shape index (κ2) is 6.08. The summed E-state index contributed by atoms with van der Waals surface area (Å²) >= 11 is 1.76. The normalized spacial score (nSPS) is 20.4. The van der Waals surface area contributed by atoms with Gasteiger partial charge in [-0.1, -0.05) is 0 Å². The highest BCUT2D eigenvalue weighted by molar-refractivity contribution is 7.18. The summed E-state index contributed by atoms with van der Waals surface area (Å²) in [6.07, 6.45) is 2.75. The molecule has 0 spiro atoms. The van der Waals surface area contributed by atoms with Crippen LogP contribution < -0.4 is 4.74 Å². The Labute approximate surface area is 123 Å². The third-order valence-corrected chi connectivity index (χ3v) is 4.80. The Morgan fingerprint density at radius 2 is 2.30 bits per heavy atom. The molecule has 4 nitrogen and oxygen atoms in total. The summed E-state index contributed by atoms with van der Waals surface area (Å²) < 4.78 is 11.9. The topological polar surface area (TPSA) is 34.6 Å². The first kappa shape index (κ1) is 13.8. The van der Waals surface area contributed by atoms with Gasteiger partial charge in [0.15, 0.2) is 0 Å². The van der Waals surface area contributed by atoms with Gasteiger partial charge in [-0.25, -0.2) is 4.98 Å². The quantitative estimate of drug-likeness (QED) is 0.868. The summed E-state index contributed by atoms with van der Waals surface area (Å²) in [6, 6.07) is 6.06. The number of rotatable bonds is 4. The Kier molecular flexibility index (Phi) is 4.19. The maximum Gasteiger partial charge on any atom is 0.120 e. The molecular formula is C15H20N2O2S. The predicted octanol–water partition coefficient (Wildman–Crippen LogP) is 2.92. The minimum atomic E-state index is 0.373. The first-order valence-corrected chi connectivity index (χ1v) is 7.79. The van der Waals surface area contributed by atoms with Gasteiger partial charge in [-0.2, -0.15) is 0 Å². The number of hydrogen-bond donors (Lipinski definition) is 0. The van der Waals surface area contributed by atoms with Crippen LogP contribution in [0.3, 0.4) is 0 Å². The third kappa shape index (κ3) is 2.95. The van der Waals surface area contributed by atoms with Crippen LogP contribution in [0, 0.1) is 0 Å². The average molecular weight is 292 g/mol. The number of hydrogen-bond acceptors (Lipinski definition) is 5. The molecule has 0 radical (unpaired) electrons. The second-order valence-electron chi connectivity index (χ2n) is 5.18. The van der Waals surface area contributed by atoms with Crippen molar-refractivity contribution in [3.05, 3.63) is 23.2 Å². The summed E-state index contributed by atoms with van der Waals surface area (Å²) in [6.45, 7) is 3.07. The fraction of sp³-hybridized carbons (Fsp3) is 0.533. The van der Waals surface area contributed by atoms with Crippen LogP contribution in [0.25, 0.3) is 10.2 Å². The molecule has 1 fully saturated rings. The highest BCUT2D eigenvalue weighted by atomic mass is 32.1. The molecule has 108 valence electrons. The molecule has 5 heteroatoms. The van der Waals surface area contributed by atoms with Crippen LogP contribution in [-0.4, -0.2) is 43.3 Å². The van der Waals surface area contributed by atoms with Gasteiger partial charge in [0.2, 0.25) is 0 Å². The molecule has 3 rings (SSSR count). The zero-order valence-electron chi connectivity index (χ0n) is 12.0. The smallest absolute Gasteiger partial charge is 0.120 e. The molecule has 0 saturated carbocycles. The number of fused-ring (bicyclic) bond motifs is 1. The fourth-order valence-electron chi connectivity index (χ4n) is 2.69. The molecule has 2 aromatic rings. The molecule has 0 unspecified atom stereocenters. The van der Waals surface area contributed by atoms with Crippen molar-refractivity contribution in [1.82, 2.24) is 9.88 Å². The van der Waals surface area contributed by atoms with E-state index in [2.05, 4.69) is 11.0 Å². The molecule has 20 heavy (non-hydrogen) atoms. The van der Waals surface area contributed by atoms with E-state index in [-0.39, 0.29) is 0 Å². The van der Waals surface area contributed by atoms with Gasteiger partial charge in [-0.05, 0) is 37.6 Å². The SMILES string of the molecule is COc1ccc2nc(CN3CCC[C@H](OC)C3)sc2c1. The lowest BCUT2D eigenvalue weighted by molar-refractivity contribution is 0.0285. The van der Waals surface area contributed by atoms with Crippen LogP contribution in [0.4, 0.5) is 0 Å². The summed E-state index contributed by atoms with van der Waals surface area (Å²) in [4.78, 5) is 7.15. The molecule has 1 aromatic heterocycles. The summed E-state index contributed by atoms with van der Waals surface area (Å²) in [7, 11) is 3.50. The lowest BCUT2D eigenvalue weighted by Gasteiger charge is -2.31. The first-order chi connectivity index (χ1) is 9.78. The van der Waals surface area contributed by atoms with E-state index in [9.17, 15) is 0 Å². The molecule has 1 aliphatic rings. The Bertz CT molecular complexity index is 584. The van der Waals surface area contributed by atoms with Crippen LogP contribution >= 0.6 is 11.3 Å². The van der Waals surface area contributed by atoms with Crippen LogP contribution in [0.5, 0.6) is 5.75 Å². The van der Waals surface area contributed by atoms with Crippen molar-refractivity contribution in [1.29, 1.82) is 0 Å². The number of ether oxygens (including phenoxy) is 2. The number of nitrogens with zero attached hydrogens (tertiary/aromatic N) is 2. The number of benzene rings is 1. The van der Waals surface area contributed by atoms with Gasteiger partial charge >= 0.3 is 0 Å². The molecule has 1 saturated heterocycles. The van der Waals surface area contributed by atoms with Crippen molar-refractivity contribution in [2.45, 2.75) is 25.5 Å². The van der Waals surface area contributed by atoms with Crippen LogP contribution in [-0.2, 0) is 11.3 Å². The maximum absolute atomic E-state index is 5.47. The lowest BCUT2D eigenvalue weighted by atomic mass is 10.1. The highest BCUT2D eigenvalue weighted by Crippen LogP contribution is 2.27. The minimum absolute atomic E-state index is 0.373. The van der Waals surface area contributed by atoms with E-state index in [0.717, 1.165) is 30.9 Å². The van der Waals surface area contributed by atoms with Gasteiger partial charge in [0.1, 0.15) is 10.8 Å². The molecule has 2 heterocycles. The van der Waals surface area contributed by atoms with E-state index in [0.29, 0.717) is 6.10 Å².